The molecule has 0 N–H and O–H groups in total. The summed E-state index contributed by atoms with van der Waals surface area (Å²) in [6.45, 7) is 1.40. The van der Waals surface area contributed by atoms with Gasteiger partial charge in [0.15, 0.2) is 4.34 Å². The van der Waals surface area contributed by atoms with Crippen LogP contribution in [0.25, 0.3) is 10.2 Å². The van der Waals surface area contributed by atoms with Crippen LogP contribution in [0.4, 0.5) is 0 Å². The van der Waals surface area contributed by atoms with E-state index in [1.165, 1.54) is 11.8 Å². The first-order chi connectivity index (χ1) is 13.2. The van der Waals surface area contributed by atoms with Crippen molar-refractivity contribution in [3.8, 4) is 5.75 Å². The number of benzene rings is 1. The van der Waals surface area contributed by atoms with Gasteiger partial charge in [-0.3, -0.25) is 9.78 Å². The van der Waals surface area contributed by atoms with Crippen molar-refractivity contribution in [2.45, 2.75) is 23.3 Å². The molecule has 5 nitrogen and oxygen atoms in total. The Kier molecular flexibility index (Phi) is 5.80. The van der Waals surface area contributed by atoms with Crippen LogP contribution in [0.5, 0.6) is 5.75 Å². The average molecular weight is 420 g/mol. The third-order valence-corrected chi connectivity index (χ3v) is 6.86. The second kappa shape index (κ2) is 8.46. The smallest absolute Gasteiger partial charge is 0.233 e. The molecule has 4 rings (SSSR count). The first-order valence-electron chi connectivity index (χ1n) is 8.71. The van der Waals surface area contributed by atoms with E-state index in [9.17, 15) is 4.79 Å². The molecule has 0 spiro atoms. The number of ether oxygens (including phenoxy) is 1. The summed E-state index contributed by atoms with van der Waals surface area (Å²) >= 11 is 9.24. The molecule has 1 aliphatic heterocycles. The zero-order valence-corrected chi connectivity index (χ0v) is 16.9. The first kappa shape index (κ1) is 18.5. The van der Waals surface area contributed by atoms with Gasteiger partial charge >= 0.3 is 0 Å². The first-order valence-corrected chi connectivity index (χ1v) is 10.9. The van der Waals surface area contributed by atoms with E-state index in [1.807, 2.05) is 23.1 Å². The van der Waals surface area contributed by atoms with Crippen LogP contribution in [0.1, 0.15) is 12.8 Å². The van der Waals surface area contributed by atoms with Crippen molar-refractivity contribution in [3.63, 3.8) is 0 Å². The molecular formula is C19H18ClN3O2S2. The van der Waals surface area contributed by atoms with Crippen LogP contribution in [0, 0.1) is 0 Å². The molecule has 0 unspecified atom stereocenters. The summed E-state index contributed by atoms with van der Waals surface area (Å²) < 4.78 is 8.05. The Bertz CT molecular complexity index is 908. The topological polar surface area (TPSA) is 55.3 Å². The van der Waals surface area contributed by atoms with E-state index in [2.05, 4.69) is 16.0 Å². The molecule has 0 saturated carbocycles. The van der Waals surface area contributed by atoms with Crippen LogP contribution in [-0.2, 0) is 4.79 Å². The number of thioether (sulfide) groups is 1. The van der Waals surface area contributed by atoms with Gasteiger partial charge in [-0.1, -0.05) is 35.5 Å². The van der Waals surface area contributed by atoms with Gasteiger partial charge in [-0.15, -0.1) is 11.3 Å². The minimum Gasteiger partial charge on any atom is -0.489 e. The number of para-hydroxylation sites is 1. The maximum atomic E-state index is 12.5. The Morgan fingerprint density at radius 3 is 2.89 bits per heavy atom. The highest BCUT2D eigenvalue weighted by atomic mass is 35.5. The number of hydrogen-bond donors (Lipinski definition) is 0. The molecule has 0 radical (unpaired) electrons. The third kappa shape index (κ3) is 4.54. The Morgan fingerprint density at radius 2 is 2.11 bits per heavy atom. The number of pyridine rings is 1. The third-order valence-electron chi connectivity index (χ3n) is 4.42. The van der Waals surface area contributed by atoms with Crippen LogP contribution < -0.4 is 4.74 Å². The van der Waals surface area contributed by atoms with Gasteiger partial charge in [0, 0.05) is 44.4 Å². The van der Waals surface area contributed by atoms with E-state index in [0.717, 1.165) is 27.4 Å². The lowest BCUT2D eigenvalue weighted by Crippen LogP contribution is -2.42. The highest BCUT2D eigenvalue weighted by Gasteiger charge is 2.24. The van der Waals surface area contributed by atoms with E-state index >= 15 is 0 Å². The van der Waals surface area contributed by atoms with Gasteiger partial charge in [-0.25, -0.2) is 4.98 Å². The molecule has 140 valence electrons. The van der Waals surface area contributed by atoms with Gasteiger partial charge in [0.25, 0.3) is 0 Å². The minimum atomic E-state index is 0.0749. The zero-order chi connectivity index (χ0) is 18.6. The predicted octanol–water partition coefficient (Wildman–Crippen LogP) is 4.51. The van der Waals surface area contributed by atoms with Crippen molar-refractivity contribution < 1.29 is 9.53 Å². The summed E-state index contributed by atoms with van der Waals surface area (Å²) in [6.07, 6.45) is 4.92. The van der Waals surface area contributed by atoms with Crippen molar-refractivity contribution in [2.75, 3.05) is 18.8 Å². The summed E-state index contributed by atoms with van der Waals surface area (Å²) in [7, 11) is 0. The summed E-state index contributed by atoms with van der Waals surface area (Å²) in [5.74, 6) is 1.23. The van der Waals surface area contributed by atoms with Gasteiger partial charge in [-0.2, -0.15) is 0 Å². The molecule has 8 heteroatoms. The van der Waals surface area contributed by atoms with Crippen molar-refractivity contribution in [2.24, 2.45) is 0 Å². The highest BCUT2D eigenvalue weighted by molar-refractivity contribution is 8.01. The summed E-state index contributed by atoms with van der Waals surface area (Å²) in [6, 6.07) is 9.81. The second-order valence-electron chi connectivity index (χ2n) is 6.24. The molecule has 1 fully saturated rings. The number of halogens is 1. The normalized spacial score (nSPS) is 15.2. The highest BCUT2D eigenvalue weighted by Crippen LogP contribution is 2.30. The minimum absolute atomic E-state index is 0.0749. The number of amides is 1. The number of rotatable bonds is 5. The van der Waals surface area contributed by atoms with Crippen molar-refractivity contribution in [1.29, 1.82) is 0 Å². The molecule has 1 amide bonds. The van der Waals surface area contributed by atoms with Crippen LogP contribution >= 0.6 is 34.7 Å². The second-order valence-corrected chi connectivity index (χ2v) is 8.90. The predicted molar refractivity (Wildman–Crippen MR) is 110 cm³/mol. The maximum Gasteiger partial charge on any atom is 0.233 e. The molecule has 0 aliphatic carbocycles. The van der Waals surface area contributed by atoms with Crippen LogP contribution in [-0.4, -0.2) is 45.7 Å². The number of aromatic nitrogens is 2. The number of hydrogen-bond acceptors (Lipinski definition) is 6. The maximum absolute atomic E-state index is 12.5. The molecule has 2 aromatic heterocycles. The van der Waals surface area contributed by atoms with E-state index < -0.39 is 0 Å². The standard InChI is InChI=1S/C19H18ClN3O2S2/c20-14-11-21-8-5-16(14)25-13-6-9-23(10-7-13)18(24)12-26-19-22-15-3-1-2-4-17(15)27-19/h1-5,8,11,13H,6-7,9-10,12H2. The van der Waals surface area contributed by atoms with Crippen LogP contribution in [0.3, 0.4) is 0 Å². The molecular weight excluding hydrogens is 402 g/mol. The van der Waals surface area contributed by atoms with E-state index in [1.54, 1.807) is 29.8 Å². The molecule has 1 aromatic carbocycles. The molecule has 0 bridgehead atoms. The Morgan fingerprint density at radius 1 is 1.30 bits per heavy atom. The fourth-order valence-corrected chi connectivity index (χ4v) is 5.12. The summed E-state index contributed by atoms with van der Waals surface area (Å²) in [5.41, 5.74) is 0.991. The number of thiazole rings is 1. The number of piperidine rings is 1. The quantitative estimate of drug-likeness (QED) is 0.569. The van der Waals surface area contributed by atoms with Crippen LogP contribution in [0.15, 0.2) is 47.1 Å². The van der Waals surface area contributed by atoms with Crippen molar-refractivity contribution in [3.05, 3.63) is 47.7 Å². The average Bonchev–Trinajstić information content (AvgIpc) is 3.11. The molecule has 27 heavy (non-hydrogen) atoms. The SMILES string of the molecule is O=C(CSc1nc2ccccc2s1)N1CCC(Oc2ccncc2Cl)CC1. The molecule has 1 saturated heterocycles. The van der Waals surface area contributed by atoms with Gasteiger partial charge < -0.3 is 9.64 Å². The molecule has 1 aliphatic rings. The number of carbonyl (C=O) groups excluding carboxylic acids is 1. The Hall–Kier alpha value is -1.83. The van der Waals surface area contributed by atoms with E-state index in [0.29, 0.717) is 29.6 Å². The number of nitrogens with zero attached hydrogens (tertiary/aromatic N) is 3. The summed E-state index contributed by atoms with van der Waals surface area (Å²) in [4.78, 5) is 23.0. The van der Waals surface area contributed by atoms with Gasteiger partial charge in [0.1, 0.15) is 16.9 Å². The Balaban J connectivity index is 1.26. The van der Waals surface area contributed by atoms with Crippen molar-refractivity contribution in [1.82, 2.24) is 14.9 Å². The summed E-state index contributed by atoms with van der Waals surface area (Å²) in [5, 5.41) is 0.517. The van der Waals surface area contributed by atoms with Crippen molar-refractivity contribution >= 4 is 50.8 Å². The van der Waals surface area contributed by atoms with Gasteiger partial charge in [0.2, 0.25) is 5.91 Å². The Labute approximate surface area is 170 Å². The molecule has 0 atom stereocenters. The lowest BCUT2D eigenvalue weighted by Gasteiger charge is -2.32. The lowest BCUT2D eigenvalue weighted by molar-refractivity contribution is -0.130. The molecule has 3 aromatic rings. The van der Waals surface area contributed by atoms with Gasteiger partial charge in [-0.05, 0) is 12.1 Å². The largest absolute Gasteiger partial charge is 0.489 e. The number of likely N-dealkylation sites (tertiary alicyclic amines) is 1. The lowest BCUT2D eigenvalue weighted by atomic mass is 10.1. The zero-order valence-electron chi connectivity index (χ0n) is 14.5. The number of fused-ring (bicyclic) bond motifs is 1. The van der Waals surface area contributed by atoms with E-state index in [4.69, 9.17) is 16.3 Å². The van der Waals surface area contributed by atoms with Gasteiger partial charge in [0.05, 0.1) is 16.0 Å². The molecule has 3 heterocycles. The fraction of sp³-hybridized carbons (Fsp3) is 0.316. The fourth-order valence-electron chi connectivity index (χ4n) is 2.99. The van der Waals surface area contributed by atoms with E-state index in [-0.39, 0.29) is 12.0 Å². The number of carbonyl (C=O) groups is 1. The monoisotopic (exact) mass is 419 g/mol. The van der Waals surface area contributed by atoms with Crippen LogP contribution in [0.2, 0.25) is 5.02 Å².